The third-order valence-electron chi connectivity index (χ3n) is 8.90. The van der Waals surface area contributed by atoms with Gasteiger partial charge in [0, 0.05) is 29.3 Å². The summed E-state index contributed by atoms with van der Waals surface area (Å²) in [4.78, 5) is 68.7. The number of carbonyl (C=O) groups is 5. The Morgan fingerprint density at radius 3 is 1.98 bits per heavy atom. The van der Waals surface area contributed by atoms with Gasteiger partial charge >= 0.3 is 0 Å². The van der Waals surface area contributed by atoms with Gasteiger partial charge in [0.2, 0.25) is 11.8 Å². The molecule has 0 aliphatic rings. The topological polar surface area (TPSA) is 139 Å². The minimum absolute atomic E-state index is 0.138. The van der Waals surface area contributed by atoms with Crippen molar-refractivity contribution < 1.29 is 24.0 Å². The lowest BCUT2D eigenvalue weighted by Gasteiger charge is -2.25. The number of hydrogen-bond donors (Lipinski definition) is 3. The highest BCUT2D eigenvalue weighted by Gasteiger charge is 2.31. The third kappa shape index (κ3) is 16.9. The van der Waals surface area contributed by atoms with Gasteiger partial charge in [-0.25, -0.2) is 0 Å². The molecule has 3 atom stereocenters. The van der Waals surface area contributed by atoms with Crippen LogP contribution >= 0.6 is 11.6 Å². The number of hydrogen-bond acceptors (Lipinski definition) is 6. The second-order valence-electron chi connectivity index (χ2n) is 13.3. The van der Waals surface area contributed by atoms with Crippen LogP contribution in [-0.4, -0.2) is 65.9 Å². The lowest BCUT2D eigenvalue weighted by molar-refractivity contribution is -0.134. The van der Waals surface area contributed by atoms with E-state index < -0.39 is 35.7 Å². The number of carbonyl (C=O) groups excluding carboxylic acids is 5. The average Bonchev–Trinajstić information content (AvgIpc) is 3.09. The molecule has 0 saturated heterocycles. The maximum absolute atomic E-state index is 14.1. The number of nitrogens with one attached hydrogen (secondary N) is 2. The molecule has 3 amide bonds. The summed E-state index contributed by atoms with van der Waals surface area (Å²) in [7, 11) is 0. The van der Waals surface area contributed by atoms with Crippen LogP contribution in [0.5, 0.6) is 0 Å². The van der Waals surface area contributed by atoms with Gasteiger partial charge < -0.3 is 21.3 Å². The van der Waals surface area contributed by atoms with E-state index in [-0.39, 0.29) is 37.2 Å². The standard InChI is InChI=1S/C40H59ClN4O5/c1-4-7-8-9-13-19-36(46)35(29-38(42)48)44-40(50)32(18-14-15-26-45(24-5-2)25-6-3)28-37(47)34(27-30-20-22-33(41)23-21-30)43-39(49)31-16-11-10-12-17-31/h10-12,16-17,20-23,32,34-35H,4-9,13-15,18-19,24-29H2,1-3H3,(H2,42,48)(H,43,49)(H,44,50)/t32-,34+,35+/m1/s1. The summed E-state index contributed by atoms with van der Waals surface area (Å²) in [6.07, 6.45) is 8.84. The van der Waals surface area contributed by atoms with Crippen LogP contribution in [-0.2, 0) is 25.6 Å². The van der Waals surface area contributed by atoms with Crippen molar-refractivity contribution in [3.05, 3.63) is 70.7 Å². The number of benzene rings is 2. The predicted octanol–water partition coefficient (Wildman–Crippen LogP) is 6.84. The molecule has 2 aromatic carbocycles. The number of halogens is 1. The van der Waals surface area contributed by atoms with Crippen molar-refractivity contribution in [3.8, 4) is 0 Å². The lowest BCUT2D eigenvalue weighted by atomic mass is 9.90. The van der Waals surface area contributed by atoms with Gasteiger partial charge in [0.25, 0.3) is 5.91 Å². The van der Waals surface area contributed by atoms with Crippen LogP contribution in [0, 0.1) is 5.92 Å². The van der Waals surface area contributed by atoms with Crippen molar-refractivity contribution in [2.24, 2.45) is 11.7 Å². The highest BCUT2D eigenvalue weighted by molar-refractivity contribution is 6.30. The summed E-state index contributed by atoms with van der Waals surface area (Å²) in [5, 5.41) is 6.26. The van der Waals surface area contributed by atoms with Crippen molar-refractivity contribution in [2.75, 3.05) is 19.6 Å². The van der Waals surface area contributed by atoms with Gasteiger partial charge in [-0.15, -0.1) is 0 Å². The number of nitrogens with two attached hydrogens (primary N) is 1. The zero-order chi connectivity index (χ0) is 36.7. The highest BCUT2D eigenvalue weighted by Crippen LogP contribution is 2.20. The molecule has 0 radical (unpaired) electrons. The zero-order valence-electron chi connectivity index (χ0n) is 30.4. The number of rotatable bonds is 27. The number of Topliss-reactive ketones (excluding diaryl/α,β-unsaturated/α-hetero) is 2. The molecule has 9 nitrogen and oxygen atoms in total. The van der Waals surface area contributed by atoms with Gasteiger partial charge in [0.1, 0.15) is 0 Å². The molecule has 0 aromatic heterocycles. The number of nitrogens with zero attached hydrogens (tertiary/aromatic N) is 1. The van der Waals surface area contributed by atoms with Crippen LogP contribution in [0.1, 0.15) is 120 Å². The fourth-order valence-electron chi connectivity index (χ4n) is 6.15. The molecule has 2 aromatic rings. The van der Waals surface area contributed by atoms with Crippen LogP contribution in [0.3, 0.4) is 0 Å². The van der Waals surface area contributed by atoms with E-state index in [0.717, 1.165) is 70.1 Å². The molecule has 0 heterocycles. The molecular formula is C40H59ClN4O5. The number of primary amides is 1. The Morgan fingerprint density at radius 1 is 0.700 bits per heavy atom. The molecule has 0 bridgehead atoms. The first-order chi connectivity index (χ1) is 24.1. The molecule has 0 unspecified atom stereocenters. The molecular weight excluding hydrogens is 652 g/mol. The van der Waals surface area contributed by atoms with E-state index in [1.165, 1.54) is 0 Å². The molecule has 0 aliphatic carbocycles. The molecule has 2 rings (SSSR count). The largest absolute Gasteiger partial charge is 0.370 e. The van der Waals surface area contributed by atoms with Crippen molar-refractivity contribution in [3.63, 3.8) is 0 Å². The van der Waals surface area contributed by atoms with E-state index in [9.17, 15) is 24.0 Å². The zero-order valence-corrected chi connectivity index (χ0v) is 31.1. The number of unbranched alkanes of at least 4 members (excludes halogenated alkanes) is 5. The molecule has 50 heavy (non-hydrogen) atoms. The maximum atomic E-state index is 14.1. The molecule has 0 fully saturated rings. The molecule has 4 N–H and O–H groups in total. The Balaban J connectivity index is 2.28. The fourth-order valence-corrected chi connectivity index (χ4v) is 6.28. The smallest absolute Gasteiger partial charge is 0.251 e. The first-order valence-electron chi connectivity index (χ1n) is 18.5. The van der Waals surface area contributed by atoms with Crippen LogP contribution in [0.4, 0.5) is 0 Å². The summed E-state index contributed by atoms with van der Waals surface area (Å²) in [5.41, 5.74) is 6.72. The second-order valence-corrected chi connectivity index (χ2v) is 13.7. The molecule has 10 heteroatoms. The van der Waals surface area contributed by atoms with E-state index in [2.05, 4.69) is 36.3 Å². The second kappa shape index (κ2) is 24.6. The minimum atomic E-state index is -1.05. The monoisotopic (exact) mass is 710 g/mol. The van der Waals surface area contributed by atoms with Crippen LogP contribution in [0.25, 0.3) is 0 Å². The maximum Gasteiger partial charge on any atom is 0.251 e. The van der Waals surface area contributed by atoms with Crippen LogP contribution in [0.15, 0.2) is 54.6 Å². The molecule has 276 valence electrons. The Labute approximate surface area is 304 Å². The summed E-state index contributed by atoms with van der Waals surface area (Å²) in [6.45, 7) is 9.31. The van der Waals surface area contributed by atoms with Gasteiger partial charge in [0.05, 0.1) is 18.5 Å². The number of amides is 3. The quantitative estimate of drug-likeness (QED) is 0.0869. The normalized spacial score (nSPS) is 13.0. The van der Waals surface area contributed by atoms with Gasteiger partial charge in [-0.05, 0) is 88.0 Å². The van der Waals surface area contributed by atoms with Crippen LogP contribution < -0.4 is 16.4 Å². The Morgan fingerprint density at radius 2 is 1.36 bits per heavy atom. The van der Waals surface area contributed by atoms with Crippen molar-refractivity contribution in [1.29, 1.82) is 0 Å². The molecule has 0 aliphatic heterocycles. The summed E-state index contributed by atoms with van der Waals surface area (Å²) in [6, 6.07) is 13.8. The van der Waals surface area contributed by atoms with Crippen molar-refractivity contribution in [1.82, 2.24) is 15.5 Å². The van der Waals surface area contributed by atoms with Crippen molar-refractivity contribution >= 4 is 40.9 Å². The van der Waals surface area contributed by atoms with Crippen LogP contribution in [0.2, 0.25) is 5.02 Å². The summed E-state index contributed by atoms with van der Waals surface area (Å²) >= 11 is 6.10. The first kappa shape index (κ1) is 42.6. The predicted molar refractivity (Wildman–Crippen MR) is 201 cm³/mol. The average molecular weight is 711 g/mol. The Hall–Kier alpha value is -3.56. The van der Waals surface area contributed by atoms with E-state index >= 15 is 0 Å². The Bertz CT molecular complexity index is 1310. The van der Waals surface area contributed by atoms with E-state index in [0.29, 0.717) is 29.8 Å². The Kier molecular flexibility index (Phi) is 20.9. The van der Waals surface area contributed by atoms with E-state index in [1.807, 2.05) is 18.2 Å². The van der Waals surface area contributed by atoms with E-state index in [1.54, 1.807) is 36.4 Å². The van der Waals surface area contributed by atoms with Crippen molar-refractivity contribution in [2.45, 2.75) is 123 Å². The number of ketones is 2. The third-order valence-corrected chi connectivity index (χ3v) is 9.15. The minimum Gasteiger partial charge on any atom is -0.370 e. The lowest BCUT2D eigenvalue weighted by Crippen LogP contribution is -2.47. The summed E-state index contributed by atoms with van der Waals surface area (Å²) in [5.74, 6) is -2.82. The van der Waals surface area contributed by atoms with Gasteiger partial charge in [-0.1, -0.05) is 94.8 Å². The van der Waals surface area contributed by atoms with Gasteiger partial charge in [-0.3, -0.25) is 24.0 Å². The van der Waals surface area contributed by atoms with E-state index in [4.69, 9.17) is 17.3 Å². The SMILES string of the molecule is CCCCCCCC(=O)[C@H](CC(N)=O)NC(=O)[C@H](CCCCN(CCC)CCC)CC(=O)[C@H](Cc1ccc(Cl)cc1)NC(=O)c1ccccc1. The molecule has 0 saturated carbocycles. The fraction of sp³-hybridized carbons (Fsp3) is 0.575. The molecule has 0 spiro atoms. The highest BCUT2D eigenvalue weighted by atomic mass is 35.5. The first-order valence-corrected chi connectivity index (χ1v) is 18.9. The summed E-state index contributed by atoms with van der Waals surface area (Å²) < 4.78 is 0. The van der Waals surface area contributed by atoms with Gasteiger partial charge in [-0.2, -0.15) is 0 Å². The van der Waals surface area contributed by atoms with Gasteiger partial charge in [0.15, 0.2) is 11.6 Å².